The third-order valence-electron chi connectivity index (χ3n) is 12.7. The number of piperidine rings is 1. The normalized spacial score (nSPS) is 28.2. The van der Waals surface area contributed by atoms with Gasteiger partial charge in [0.05, 0.1) is 44.1 Å². The van der Waals surface area contributed by atoms with E-state index in [0.29, 0.717) is 49.5 Å². The maximum Gasteiger partial charge on any atom is 0.264 e. The average Bonchev–Trinajstić information content (AvgIpc) is 3.89. The number of hydrogen-bond donors (Lipinski definition) is 3. The number of aliphatic hydroxyl groups is 1. The number of para-hydroxylation sites is 1. The van der Waals surface area contributed by atoms with Gasteiger partial charge in [-0.05, 0) is 87.8 Å². The van der Waals surface area contributed by atoms with Gasteiger partial charge in [-0.2, -0.15) is 0 Å². The summed E-state index contributed by atoms with van der Waals surface area (Å²) < 4.78 is 7.06. The molecule has 0 saturated carbocycles. The second kappa shape index (κ2) is 13.7. The van der Waals surface area contributed by atoms with Gasteiger partial charge >= 0.3 is 0 Å². The van der Waals surface area contributed by atoms with Gasteiger partial charge in [-0.3, -0.25) is 19.3 Å². The molecule has 280 valence electrons. The van der Waals surface area contributed by atoms with Crippen molar-refractivity contribution in [2.75, 3.05) is 47.6 Å². The third kappa shape index (κ3) is 5.81. The van der Waals surface area contributed by atoms with Crippen LogP contribution >= 0.6 is 0 Å². The molecule has 53 heavy (non-hydrogen) atoms. The van der Waals surface area contributed by atoms with Crippen molar-refractivity contribution in [1.82, 2.24) is 10.2 Å². The first-order valence-electron chi connectivity index (χ1n) is 19.2. The highest BCUT2D eigenvalue weighted by atomic mass is 28.4. The quantitative estimate of drug-likeness (QED) is 0.292. The summed E-state index contributed by atoms with van der Waals surface area (Å²) in [6, 6.07) is 25.5. The Balaban J connectivity index is 1.22. The number of hydrogen-bond acceptors (Lipinski definition) is 8. The van der Waals surface area contributed by atoms with Gasteiger partial charge in [0.25, 0.3) is 11.8 Å². The van der Waals surface area contributed by atoms with Crippen LogP contribution in [0.3, 0.4) is 0 Å². The highest BCUT2D eigenvalue weighted by Gasteiger charge is 2.67. The zero-order chi connectivity index (χ0) is 37.1. The fraction of sp³-hybridized carbons (Fsp3) is 0.488. The largest absolute Gasteiger partial charge is 0.432 e. The number of likely N-dealkylation sites (tertiary alicyclic amines) is 1. The van der Waals surface area contributed by atoms with Gasteiger partial charge in [-0.15, -0.1) is 0 Å². The second-order valence-electron chi connectivity index (χ2n) is 16.1. The van der Waals surface area contributed by atoms with Gasteiger partial charge in [-0.1, -0.05) is 55.5 Å². The summed E-state index contributed by atoms with van der Waals surface area (Å²) in [6.07, 6.45) is 2.23. The van der Waals surface area contributed by atoms with E-state index in [9.17, 15) is 19.5 Å². The molecular formula is C41H51N5O6Si. The molecule has 12 heteroatoms. The van der Waals surface area contributed by atoms with E-state index in [0.717, 1.165) is 37.2 Å². The number of ether oxygens (including phenoxy) is 1. The number of anilines is 3. The van der Waals surface area contributed by atoms with Crippen LogP contribution < -0.4 is 20.0 Å². The highest BCUT2D eigenvalue weighted by molar-refractivity contribution is 6.71. The molecular weight excluding hydrogens is 687 g/mol. The molecule has 0 unspecified atom stereocenters. The highest BCUT2D eigenvalue weighted by Crippen LogP contribution is 2.60. The first-order chi connectivity index (χ1) is 25.5. The molecule has 3 N–H and O–H groups in total. The Labute approximate surface area is 312 Å². The summed E-state index contributed by atoms with van der Waals surface area (Å²) in [6.45, 7) is 8.34. The molecule has 2 spiro atoms. The van der Waals surface area contributed by atoms with E-state index in [1.807, 2.05) is 91.6 Å². The minimum atomic E-state index is -3.04. The van der Waals surface area contributed by atoms with Gasteiger partial charge in [-0.25, -0.2) is 0 Å². The number of benzene rings is 3. The Bertz CT molecular complexity index is 1870. The Morgan fingerprint density at radius 3 is 2.34 bits per heavy atom. The Hall–Kier alpha value is -4.07. The Morgan fingerprint density at radius 2 is 1.66 bits per heavy atom. The van der Waals surface area contributed by atoms with Gasteiger partial charge < -0.3 is 34.7 Å². The van der Waals surface area contributed by atoms with Crippen LogP contribution in [0.2, 0.25) is 18.6 Å². The fourth-order valence-electron chi connectivity index (χ4n) is 10.2. The summed E-state index contributed by atoms with van der Waals surface area (Å²) in [5.74, 6) is -0.776. The molecule has 0 aliphatic carbocycles. The summed E-state index contributed by atoms with van der Waals surface area (Å²) >= 11 is 0. The molecule has 5 heterocycles. The minimum absolute atomic E-state index is 0.0123. The van der Waals surface area contributed by atoms with Crippen molar-refractivity contribution in [2.45, 2.75) is 87.5 Å². The molecule has 0 aromatic heterocycles. The molecule has 0 bridgehead atoms. The van der Waals surface area contributed by atoms with E-state index >= 15 is 4.79 Å². The van der Waals surface area contributed by atoms with Crippen molar-refractivity contribution in [3.63, 3.8) is 0 Å². The van der Waals surface area contributed by atoms with Crippen molar-refractivity contribution in [2.24, 2.45) is 5.92 Å². The molecule has 8 rings (SSSR count). The predicted octanol–water partition coefficient (Wildman–Crippen LogP) is 4.34. The number of rotatable bonds is 8. The molecule has 3 aromatic rings. The van der Waals surface area contributed by atoms with Crippen LogP contribution in [0, 0.1) is 5.92 Å². The van der Waals surface area contributed by atoms with E-state index in [1.165, 1.54) is 0 Å². The molecule has 4 saturated heterocycles. The van der Waals surface area contributed by atoms with Crippen molar-refractivity contribution < 1.29 is 29.0 Å². The topological polar surface area (TPSA) is 126 Å². The standard InChI is InChI=1S/C41H51N5O6Si/c1-28-37(53(2,3)51)35(24-36(48)43-22-10-15-32(43)26-47)52-41(28)33-23-31(16-17-34(33)44(39(41)50)25-29-11-6-4-7-12-29)45-27-46(30-13-8-5-9-14-30)40(38(45)49)18-20-42-21-19-40/h4-9,11-14,16-17,23,28,32,35,37,42,47,51H,10,15,18-22,24-27H2,1-3H3/t28-,32-,35+,37-,41+/m0/s1. The van der Waals surface area contributed by atoms with Crippen LogP contribution in [0.5, 0.6) is 0 Å². The van der Waals surface area contributed by atoms with Crippen LogP contribution in [0.4, 0.5) is 17.1 Å². The number of carbonyl (C=O) groups is 3. The van der Waals surface area contributed by atoms with E-state index in [1.54, 1.807) is 9.80 Å². The van der Waals surface area contributed by atoms with E-state index < -0.39 is 37.0 Å². The molecule has 5 aliphatic heterocycles. The second-order valence-corrected chi connectivity index (χ2v) is 20.1. The summed E-state index contributed by atoms with van der Waals surface area (Å²) in [7, 11) is -3.04. The van der Waals surface area contributed by atoms with Crippen molar-refractivity contribution in [1.29, 1.82) is 0 Å². The maximum absolute atomic E-state index is 15.1. The zero-order valence-electron chi connectivity index (χ0n) is 30.9. The van der Waals surface area contributed by atoms with Crippen LogP contribution in [0.1, 0.15) is 50.2 Å². The Kier molecular flexibility index (Phi) is 9.25. The number of nitrogens with one attached hydrogen (secondary N) is 1. The maximum atomic E-state index is 15.1. The molecule has 3 amide bonds. The van der Waals surface area contributed by atoms with E-state index in [2.05, 4.69) is 22.3 Å². The van der Waals surface area contributed by atoms with Crippen molar-refractivity contribution in [3.8, 4) is 0 Å². The van der Waals surface area contributed by atoms with Gasteiger partial charge in [0, 0.05) is 34.9 Å². The number of nitrogens with zero attached hydrogens (tertiary/aromatic N) is 4. The molecule has 5 aliphatic rings. The van der Waals surface area contributed by atoms with E-state index in [-0.39, 0.29) is 36.8 Å². The summed E-state index contributed by atoms with van der Waals surface area (Å²) in [5, 5.41) is 13.4. The van der Waals surface area contributed by atoms with E-state index in [4.69, 9.17) is 4.74 Å². The number of fused-ring (bicyclic) bond motifs is 2. The summed E-state index contributed by atoms with van der Waals surface area (Å²) in [4.78, 5) is 63.2. The van der Waals surface area contributed by atoms with Gasteiger partial charge in [0.2, 0.25) is 5.91 Å². The molecule has 4 fully saturated rings. The lowest BCUT2D eigenvalue weighted by atomic mass is 9.82. The van der Waals surface area contributed by atoms with Crippen LogP contribution in [0.25, 0.3) is 0 Å². The lowest BCUT2D eigenvalue weighted by Crippen LogP contribution is -2.55. The molecule has 0 radical (unpaired) electrons. The number of carbonyl (C=O) groups excluding carboxylic acids is 3. The fourth-order valence-corrected chi connectivity index (χ4v) is 12.7. The smallest absolute Gasteiger partial charge is 0.264 e. The van der Waals surface area contributed by atoms with Gasteiger partial charge in [0.15, 0.2) is 13.9 Å². The minimum Gasteiger partial charge on any atom is -0.432 e. The van der Waals surface area contributed by atoms with Crippen molar-refractivity contribution in [3.05, 3.63) is 90.0 Å². The SMILES string of the molecule is C[C@H]1[C@H]([Si](C)(C)O)[C@@H](CC(=O)N2CCC[C@H]2CO)O[C@]12C(=O)N(Cc1ccccc1)c1ccc(N3CN(c4ccccc4)C4(CCNCC4)C3=O)cc12. The summed E-state index contributed by atoms with van der Waals surface area (Å²) in [5.41, 5.74) is 1.42. The lowest BCUT2D eigenvalue weighted by Gasteiger charge is -2.39. The third-order valence-corrected chi connectivity index (χ3v) is 15.2. The zero-order valence-corrected chi connectivity index (χ0v) is 31.9. The number of aliphatic hydroxyl groups excluding tert-OH is 1. The van der Waals surface area contributed by atoms with Crippen LogP contribution in [-0.2, 0) is 31.3 Å². The van der Waals surface area contributed by atoms with Crippen molar-refractivity contribution >= 4 is 43.1 Å². The molecule has 5 atom stereocenters. The predicted molar refractivity (Wildman–Crippen MR) is 206 cm³/mol. The van der Waals surface area contributed by atoms with Crippen LogP contribution in [-0.4, -0.2) is 91.4 Å². The van der Waals surface area contributed by atoms with Gasteiger partial charge in [0.1, 0.15) is 5.54 Å². The lowest BCUT2D eigenvalue weighted by molar-refractivity contribution is -0.150. The molecule has 3 aromatic carbocycles. The molecule has 11 nitrogen and oxygen atoms in total. The monoisotopic (exact) mass is 737 g/mol. The first-order valence-corrected chi connectivity index (χ1v) is 22.2. The number of amides is 3. The van der Waals surface area contributed by atoms with Crippen LogP contribution in [0.15, 0.2) is 78.9 Å². The average molecular weight is 738 g/mol. The first kappa shape index (κ1) is 35.9. The Morgan fingerprint density at radius 1 is 0.962 bits per heavy atom.